The number of hydrogen-bond donors (Lipinski definition) is 3. The van der Waals surface area contributed by atoms with Crippen molar-refractivity contribution < 1.29 is 13.9 Å². The molecule has 0 saturated heterocycles. The SMILES string of the molecule is COCCNc1ccc(C(=O)Nc2ccc(Nc3ccnc(-c4cccc5c4oc4ccccc45)c3)cc2)cc1. The molecule has 2 heterocycles. The van der Waals surface area contributed by atoms with Crippen LogP contribution < -0.4 is 16.0 Å². The topological polar surface area (TPSA) is 88.4 Å². The molecule has 0 fully saturated rings. The number of carbonyl (C=O) groups is 1. The van der Waals surface area contributed by atoms with Crippen molar-refractivity contribution in [3.05, 3.63) is 115 Å². The normalized spacial score (nSPS) is 11.0. The van der Waals surface area contributed by atoms with Gasteiger partial charge in [0.15, 0.2) is 0 Å². The van der Waals surface area contributed by atoms with Gasteiger partial charge in [0.1, 0.15) is 11.2 Å². The van der Waals surface area contributed by atoms with Crippen molar-refractivity contribution in [1.82, 2.24) is 4.98 Å². The Balaban J connectivity index is 1.14. The number of ether oxygens (including phenoxy) is 1. The fourth-order valence-electron chi connectivity index (χ4n) is 4.65. The van der Waals surface area contributed by atoms with E-state index in [9.17, 15) is 4.79 Å². The molecule has 6 rings (SSSR count). The number of fused-ring (bicyclic) bond motifs is 3. The molecule has 0 bridgehead atoms. The zero-order valence-electron chi connectivity index (χ0n) is 22.0. The molecular weight excluding hydrogens is 500 g/mol. The van der Waals surface area contributed by atoms with Gasteiger partial charge in [0, 0.05) is 64.5 Å². The Morgan fingerprint density at radius 3 is 2.38 bits per heavy atom. The number of methoxy groups -OCH3 is 1. The van der Waals surface area contributed by atoms with Crippen molar-refractivity contribution >= 4 is 50.6 Å². The molecule has 0 aliphatic heterocycles. The van der Waals surface area contributed by atoms with Gasteiger partial charge in [-0.3, -0.25) is 9.78 Å². The lowest BCUT2D eigenvalue weighted by Gasteiger charge is -2.11. The number of nitrogens with one attached hydrogen (secondary N) is 3. The molecule has 1 amide bonds. The number of furan rings is 1. The lowest BCUT2D eigenvalue weighted by molar-refractivity contribution is 0.102. The first-order valence-electron chi connectivity index (χ1n) is 13.1. The first kappa shape index (κ1) is 25.2. The van der Waals surface area contributed by atoms with E-state index in [0.717, 1.165) is 50.3 Å². The van der Waals surface area contributed by atoms with Crippen molar-refractivity contribution in [3.63, 3.8) is 0 Å². The molecular formula is C33H28N4O3. The second-order valence-corrected chi connectivity index (χ2v) is 9.36. The molecule has 0 aliphatic rings. The summed E-state index contributed by atoms with van der Waals surface area (Å²) in [6.45, 7) is 1.33. The van der Waals surface area contributed by atoms with Gasteiger partial charge in [0.2, 0.25) is 0 Å². The van der Waals surface area contributed by atoms with E-state index < -0.39 is 0 Å². The van der Waals surface area contributed by atoms with Gasteiger partial charge in [-0.2, -0.15) is 0 Å². The fourth-order valence-corrected chi connectivity index (χ4v) is 4.65. The molecule has 0 unspecified atom stereocenters. The van der Waals surface area contributed by atoms with E-state index in [1.807, 2.05) is 78.9 Å². The number of nitrogens with zero attached hydrogens (tertiary/aromatic N) is 1. The quantitative estimate of drug-likeness (QED) is 0.167. The van der Waals surface area contributed by atoms with Gasteiger partial charge in [-0.05, 0) is 72.8 Å². The maximum Gasteiger partial charge on any atom is 0.255 e. The van der Waals surface area contributed by atoms with Crippen LogP contribution in [0.25, 0.3) is 33.2 Å². The van der Waals surface area contributed by atoms with E-state index in [-0.39, 0.29) is 5.91 Å². The minimum atomic E-state index is -0.164. The average Bonchev–Trinajstić information content (AvgIpc) is 3.38. The van der Waals surface area contributed by atoms with Crippen LogP contribution in [0.15, 0.2) is 114 Å². The van der Waals surface area contributed by atoms with Crippen LogP contribution >= 0.6 is 0 Å². The highest BCUT2D eigenvalue weighted by molar-refractivity contribution is 6.09. The second kappa shape index (κ2) is 11.3. The monoisotopic (exact) mass is 528 g/mol. The molecule has 6 aromatic rings. The third kappa shape index (κ3) is 5.36. The summed E-state index contributed by atoms with van der Waals surface area (Å²) in [4.78, 5) is 17.3. The summed E-state index contributed by atoms with van der Waals surface area (Å²) in [6.07, 6.45) is 1.78. The van der Waals surface area contributed by atoms with Gasteiger partial charge >= 0.3 is 0 Å². The fraction of sp³-hybridized carbons (Fsp3) is 0.0909. The van der Waals surface area contributed by atoms with Crippen molar-refractivity contribution in [2.24, 2.45) is 0 Å². The summed E-state index contributed by atoms with van der Waals surface area (Å²) in [5.41, 5.74) is 7.47. The van der Waals surface area contributed by atoms with Gasteiger partial charge in [-0.25, -0.2) is 0 Å². The number of carbonyl (C=O) groups excluding carboxylic acids is 1. The first-order chi connectivity index (χ1) is 19.7. The molecule has 2 aromatic heterocycles. The molecule has 0 saturated carbocycles. The predicted molar refractivity (Wildman–Crippen MR) is 161 cm³/mol. The standard InChI is InChI=1S/C33H28N4O3/c1-39-20-19-34-23-11-9-22(10-12-23)33(38)37-25-15-13-24(14-16-25)36-26-17-18-35-30(21-26)29-7-4-6-28-27-5-2-3-8-31(27)40-32(28)29/h2-18,21,34H,19-20H2,1H3,(H,35,36)(H,37,38). The molecule has 7 heteroatoms. The highest BCUT2D eigenvalue weighted by Gasteiger charge is 2.13. The number of para-hydroxylation sites is 2. The lowest BCUT2D eigenvalue weighted by atomic mass is 10.1. The van der Waals surface area contributed by atoms with E-state index >= 15 is 0 Å². The molecule has 7 nitrogen and oxygen atoms in total. The van der Waals surface area contributed by atoms with Gasteiger partial charge in [0.25, 0.3) is 5.91 Å². The van der Waals surface area contributed by atoms with E-state index in [0.29, 0.717) is 24.4 Å². The third-order valence-electron chi connectivity index (χ3n) is 6.65. The van der Waals surface area contributed by atoms with E-state index in [4.69, 9.17) is 9.15 Å². The molecule has 0 radical (unpaired) electrons. The Hall–Kier alpha value is -5.14. The van der Waals surface area contributed by atoms with Crippen LogP contribution in [0.1, 0.15) is 10.4 Å². The lowest BCUT2D eigenvalue weighted by Crippen LogP contribution is -2.12. The molecule has 40 heavy (non-hydrogen) atoms. The average molecular weight is 529 g/mol. The van der Waals surface area contributed by atoms with Gasteiger partial charge in [0.05, 0.1) is 12.3 Å². The predicted octanol–water partition coefficient (Wildman–Crippen LogP) is 7.70. The third-order valence-corrected chi connectivity index (χ3v) is 6.65. The zero-order valence-corrected chi connectivity index (χ0v) is 22.0. The number of anilines is 4. The molecule has 4 aromatic carbocycles. The van der Waals surface area contributed by atoms with Crippen LogP contribution in [0.5, 0.6) is 0 Å². The van der Waals surface area contributed by atoms with Crippen LogP contribution in [0.3, 0.4) is 0 Å². The molecule has 0 spiro atoms. The van der Waals surface area contributed by atoms with Crippen LogP contribution in [0.2, 0.25) is 0 Å². The summed E-state index contributed by atoms with van der Waals surface area (Å²) < 4.78 is 11.2. The number of pyridine rings is 1. The first-order valence-corrected chi connectivity index (χ1v) is 13.1. The van der Waals surface area contributed by atoms with Gasteiger partial charge in [-0.1, -0.05) is 30.3 Å². The van der Waals surface area contributed by atoms with Crippen LogP contribution in [-0.4, -0.2) is 31.2 Å². The minimum absolute atomic E-state index is 0.164. The number of hydrogen-bond acceptors (Lipinski definition) is 6. The Morgan fingerprint density at radius 2 is 1.55 bits per heavy atom. The molecule has 3 N–H and O–H groups in total. The summed E-state index contributed by atoms with van der Waals surface area (Å²) in [6, 6.07) is 33.1. The van der Waals surface area contributed by atoms with E-state index in [1.165, 1.54) is 0 Å². The number of rotatable bonds is 9. The largest absolute Gasteiger partial charge is 0.455 e. The van der Waals surface area contributed by atoms with Crippen molar-refractivity contribution in [2.45, 2.75) is 0 Å². The van der Waals surface area contributed by atoms with E-state index in [1.54, 1.807) is 25.4 Å². The summed E-state index contributed by atoms with van der Waals surface area (Å²) in [5.74, 6) is -0.164. The smallest absolute Gasteiger partial charge is 0.255 e. The van der Waals surface area contributed by atoms with Crippen LogP contribution in [0, 0.1) is 0 Å². The number of aromatic nitrogens is 1. The summed E-state index contributed by atoms with van der Waals surface area (Å²) in [5, 5.41) is 11.8. The summed E-state index contributed by atoms with van der Waals surface area (Å²) >= 11 is 0. The molecule has 198 valence electrons. The Labute approximate surface area is 231 Å². The maximum atomic E-state index is 12.7. The summed E-state index contributed by atoms with van der Waals surface area (Å²) in [7, 11) is 1.66. The Bertz CT molecular complexity index is 1780. The highest BCUT2D eigenvalue weighted by Crippen LogP contribution is 2.35. The van der Waals surface area contributed by atoms with Crippen LogP contribution in [-0.2, 0) is 4.74 Å². The maximum absolute atomic E-state index is 12.7. The van der Waals surface area contributed by atoms with Crippen molar-refractivity contribution in [3.8, 4) is 11.3 Å². The Kier molecular flexibility index (Phi) is 7.11. The molecule has 0 aliphatic carbocycles. The highest BCUT2D eigenvalue weighted by atomic mass is 16.5. The van der Waals surface area contributed by atoms with Gasteiger partial charge in [-0.15, -0.1) is 0 Å². The Morgan fingerprint density at radius 1 is 0.800 bits per heavy atom. The molecule has 0 atom stereocenters. The number of amides is 1. The van der Waals surface area contributed by atoms with Crippen LogP contribution in [0.4, 0.5) is 22.7 Å². The van der Waals surface area contributed by atoms with Crippen molar-refractivity contribution in [2.75, 3.05) is 36.2 Å². The van der Waals surface area contributed by atoms with Crippen molar-refractivity contribution in [1.29, 1.82) is 0 Å². The number of benzene rings is 4. The van der Waals surface area contributed by atoms with E-state index in [2.05, 4.69) is 33.1 Å². The zero-order chi connectivity index (χ0) is 27.3. The van der Waals surface area contributed by atoms with Gasteiger partial charge < -0.3 is 25.1 Å². The minimum Gasteiger partial charge on any atom is -0.455 e. The second-order valence-electron chi connectivity index (χ2n) is 9.36.